The summed E-state index contributed by atoms with van der Waals surface area (Å²) in [7, 11) is 0. The van der Waals surface area contributed by atoms with Crippen LogP contribution in [0.2, 0.25) is 0 Å². The molecule has 1 heteroatoms. The first-order chi connectivity index (χ1) is 16.3. The van der Waals surface area contributed by atoms with Gasteiger partial charge in [0.05, 0.1) is 0 Å². The third-order valence-corrected chi connectivity index (χ3v) is 5.30. The van der Waals surface area contributed by atoms with E-state index in [1.807, 2.05) is 54.6 Å². The van der Waals surface area contributed by atoms with Crippen LogP contribution in [0.4, 0.5) is 17.1 Å². The van der Waals surface area contributed by atoms with Crippen LogP contribution in [-0.2, 0) is 0 Å². The van der Waals surface area contributed by atoms with E-state index in [9.17, 15) is 0 Å². The summed E-state index contributed by atoms with van der Waals surface area (Å²) in [5.74, 6) is 0. The Labute approximate surface area is 196 Å². The first kappa shape index (κ1) is 21.9. The van der Waals surface area contributed by atoms with Crippen LogP contribution in [0.25, 0.3) is 17.2 Å². The lowest BCUT2D eigenvalue weighted by Crippen LogP contribution is -2.09. The van der Waals surface area contributed by atoms with Crippen LogP contribution in [-0.4, -0.2) is 0 Å². The van der Waals surface area contributed by atoms with Crippen molar-refractivity contribution in [2.75, 3.05) is 4.90 Å². The molecule has 0 aliphatic rings. The molecule has 5 aromatic carbocycles. The van der Waals surface area contributed by atoms with Crippen LogP contribution in [0.3, 0.4) is 0 Å². The summed E-state index contributed by atoms with van der Waals surface area (Å²) in [4.78, 5) is 2.27. The fourth-order valence-corrected chi connectivity index (χ4v) is 3.62. The van der Waals surface area contributed by atoms with Crippen molar-refractivity contribution in [2.45, 2.75) is 0 Å². The second-order valence-corrected chi connectivity index (χ2v) is 7.53. The van der Waals surface area contributed by atoms with Gasteiger partial charge in [-0.15, -0.1) is 0 Å². The molecular formula is C32H27N. The van der Waals surface area contributed by atoms with Gasteiger partial charge in [0.1, 0.15) is 0 Å². The Morgan fingerprint density at radius 1 is 0.394 bits per heavy atom. The normalized spacial score (nSPS) is 9.94. The Balaban J connectivity index is 0.000000275. The van der Waals surface area contributed by atoms with Gasteiger partial charge in [0.2, 0.25) is 0 Å². The minimum Gasteiger partial charge on any atom is -0.311 e. The summed E-state index contributed by atoms with van der Waals surface area (Å²) in [6.07, 6.45) is 1.83. The molecule has 1 nitrogen and oxygen atoms in total. The third kappa shape index (κ3) is 5.87. The Bertz CT molecular complexity index is 1190. The van der Waals surface area contributed by atoms with Crippen molar-refractivity contribution in [3.8, 4) is 11.1 Å². The first-order valence-electron chi connectivity index (χ1n) is 11.1. The van der Waals surface area contributed by atoms with Crippen molar-refractivity contribution in [1.29, 1.82) is 0 Å². The number of hydrogen-bond acceptors (Lipinski definition) is 1. The van der Waals surface area contributed by atoms with E-state index in [1.54, 1.807) is 0 Å². The topological polar surface area (TPSA) is 3.24 Å². The van der Waals surface area contributed by atoms with Gasteiger partial charge in [-0.25, -0.2) is 0 Å². The summed E-state index contributed by atoms with van der Waals surface area (Å²) in [5, 5.41) is 0. The molecule has 0 spiro atoms. The lowest BCUT2D eigenvalue weighted by molar-refractivity contribution is 1.28. The average Bonchev–Trinajstić information content (AvgIpc) is 2.92. The predicted molar refractivity (Wildman–Crippen MR) is 143 cm³/mol. The maximum absolute atomic E-state index is 3.63. The zero-order valence-corrected chi connectivity index (χ0v) is 18.6. The van der Waals surface area contributed by atoms with E-state index in [2.05, 4.69) is 109 Å². The van der Waals surface area contributed by atoms with Gasteiger partial charge in [0.25, 0.3) is 0 Å². The summed E-state index contributed by atoms with van der Waals surface area (Å²) < 4.78 is 0. The average molecular weight is 426 g/mol. The molecule has 0 saturated carbocycles. The van der Waals surface area contributed by atoms with Crippen molar-refractivity contribution in [2.24, 2.45) is 0 Å². The Morgan fingerprint density at radius 3 is 1.18 bits per heavy atom. The number of rotatable bonds is 5. The maximum Gasteiger partial charge on any atom is 0.0462 e. The molecule has 0 atom stereocenters. The molecule has 0 N–H and O–H groups in total. The number of hydrogen-bond donors (Lipinski definition) is 0. The van der Waals surface area contributed by atoms with Crippen LogP contribution in [0.1, 0.15) is 5.56 Å². The lowest BCUT2D eigenvalue weighted by Gasteiger charge is -2.25. The smallest absolute Gasteiger partial charge is 0.0462 e. The summed E-state index contributed by atoms with van der Waals surface area (Å²) in [6.45, 7) is 3.63. The van der Waals surface area contributed by atoms with Crippen molar-refractivity contribution in [1.82, 2.24) is 0 Å². The molecule has 0 fully saturated rings. The second kappa shape index (κ2) is 11.3. The predicted octanol–water partition coefficient (Wildman–Crippen LogP) is 9.15. The quantitative estimate of drug-likeness (QED) is 0.271. The zero-order valence-electron chi connectivity index (χ0n) is 18.6. The summed E-state index contributed by atoms with van der Waals surface area (Å²) in [6, 6.07) is 50.2. The second-order valence-electron chi connectivity index (χ2n) is 7.53. The standard InChI is InChI=1S/C24H19N.C8H8/c1-4-10-20(11-5-1)21-16-18-24(19-17-21)25(22-12-6-2-7-13-22)23-14-8-3-9-15-23;1-2-8-6-4-3-5-7-8/h1-19H;2-7H,1H2. The van der Waals surface area contributed by atoms with Crippen LogP contribution in [0, 0.1) is 0 Å². The van der Waals surface area contributed by atoms with Gasteiger partial charge in [0.15, 0.2) is 0 Å². The van der Waals surface area contributed by atoms with Gasteiger partial charge < -0.3 is 4.90 Å². The molecule has 0 unspecified atom stereocenters. The minimum absolute atomic E-state index is 1.15. The third-order valence-electron chi connectivity index (χ3n) is 5.30. The number of anilines is 3. The van der Waals surface area contributed by atoms with Gasteiger partial charge >= 0.3 is 0 Å². The van der Waals surface area contributed by atoms with Crippen molar-refractivity contribution in [3.63, 3.8) is 0 Å². The van der Waals surface area contributed by atoms with Crippen molar-refractivity contribution < 1.29 is 0 Å². The van der Waals surface area contributed by atoms with E-state index in [0.29, 0.717) is 0 Å². The van der Waals surface area contributed by atoms with Crippen molar-refractivity contribution in [3.05, 3.63) is 158 Å². The number of benzene rings is 5. The van der Waals surface area contributed by atoms with E-state index >= 15 is 0 Å². The molecule has 0 saturated heterocycles. The van der Waals surface area contributed by atoms with Crippen LogP contribution in [0.5, 0.6) is 0 Å². The largest absolute Gasteiger partial charge is 0.311 e. The molecule has 0 heterocycles. The van der Waals surface area contributed by atoms with Crippen LogP contribution >= 0.6 is 0 Å². The molecule has 5 aromatic rings. The fraction of sp³-hybridized carbons (Fsp3) is 0. The van der Waals surface area contributed by atoms with Gasteiger partial charge in [-0.1, -0.05) is 122 Å². The molecule has 0 radical (unpaired) electrons. The SMILES string of the molecule is C=Cc1ccccc1.c1ccc(-c2ccc(N(c3ccccc3)c3ccccc3)cc2)cc1. The Kier molecular flexibility index (Phi) is 7.49. The lowest BCUT2D eigenvalue weighted by atomic mass is 10.0. The Morgan fingerprint density at radius 2 is 0.758 bits per heavy atom. The van der Waals surface area contributed by atoms with Crippen LogP contribution < -0.4 is 4.90 Å². The number of para-hydroxylation sites is 2. The van der Waals surface area contributed by atoms with E-state index in [-0.39, 0.29) is 0 Å². The van der Waals surface area contributed by atoms with Gasteiger partial charge in [-0.2, -0.15) is 0 Å². The van der Waals surface area contributed by atoms with E-state index in [0.717, 1.165) is 17.1 Å². The molecule has 33 heavy (non-hydrogen) atoms. The highest BCUT2D eigenvalue weighted by Crippen LogP contribution is 2.35. The Hall–Kier alpha value is -4.36. The van der Waals surface area contributed by atoms with Gasteiger partial charge in [0, 0.05) is 17.1 Å². The highest BCUT2D eigenvalue weighted by atomic mass is 15.1. The molecule has 5 rings (SSSR count). The molecule has 0 aliphatic heterocycles. The minimum atomic E-state index is 1.15. The molecule has 0 amide bonds. The maximum atomic E-state index is 3.63. The highest BCUT2D eigenvalue weighted by molar-refractivity contribution is 5.78. The summed E-state index contributed by atoms with van der Waals surface area (Å²) >= 11 is 0. The van der Waals surface area contributed by atoms with Gasteiger partial charge in [-0.05, 0) is 53.1 Å². The zero-order chi connectivity index (χ0) is 22.7. The van der Waals surface area contributed by atoms with E-state index < -0.39 is 0 Å². The molecule has 0 aromatic heterocycles. The molecule has 0 bridgehead atoms. The monoisotopic (exact) mass is 425 g/mol. The fourth-order valence-electron chi connectivity index (χ4n) is 3.62. The van der Waals surface area contributed by atoms with E-state index in [1.165, 1.54) is 16.7 Å². The molecular weight excluding hydrogens is 398 g/mol. The number of nitrogens with zero attached hydrogens (tertiary/aromatic N) is 1. The highest BCUT2D eigenvalue weighted by Gasteiger charge is 2.11. The first-order valence-corrected chi connectivity index (χ1v) is 11.1. The van der Waals surface area contributed by atoms with Gasteiger partial charge in [-0.3, -0.25) is 0 Å². The van der Waals surface area contributed by atoms with Crippen LogP contribution in [0.15, 0.2) is 152 Å². The molecule has 0 aliphatic carbocycles. The molecule has 160 valence electrons. The summed E-state index contributed by atoms with van der Waals surface area (Å²) in [5.41, 5.74) is 7.09. The van der Waals surface area contributed by atoms with Crippen molar-refractivity contribution >= 4 is 23.1 Å². The van der Waals surface area contributed by atoms with E-state index in [4.69, 9.17) is 0 Å².